The molecule has 0 N–H and O–H groups in total. The normalized spacial score (nSPS) is 21.3. The van der Waals surface area contributed by atoms with Crippen molar-refractivity contribution in [3.05, 3.63) is 47.1 Å². The molecule has 0 saturated carbocycles. The number of allylic oxidation sites excluding steroid dienone is 4. The van der Waals surface area contributed by atoms with Crippen LogP contribution in [-0.4, -0.2) is 176 Å². The molecule has 12 heteroatoms. The summed E-state index contributed by atoms with van der Waals surface area (Å²) in [5.41, 5.74) is 4.01. The molecule has 12 nitrogen and oxygen atoms in total. The van der Waals surface area contributed by atoms with E-state index in [0.717, 1.165) is 74.2 Å². The average molecular weight is 741 g/mol. The van der Waals surface area contributed by atoms with E-state index < -0.39 is 0 Å². The van der Waals surface area contributed by atoms with E-state index in [9.17, 15) is 0 Å². The Morgan fingerprint density at radius 3 is 0.630 bits per heavy atom. The molecular formula is C42H68N12. The minimum absolute atomic E-state index is 0.634. The maximum Gasteiger partial charge on any atom is 0.0585 e. The van der Waals surface area contributed by atoms with Crippen LogP contribution in [-0.2, 0) is 0 Å². The van der Waals surface area contributed by atoms with Gasteiger partial charge in [-0.25, -0.2) is 0 Å². The SMILES string of the molecule is CN1C=C2C=NCCN=CC(=CN(C)CCCCCCCN(C)C=C3C=NCCN=CC(=CN(C)CCCCCCC1)C=NCCN=C3)C=NCCN=C2. The summed E-state index contributed by atoms with van der Waals surface area (Å²) in [4.78, 5) is 46.2. The van der Waals surface area contributed by atoms with Gasteiger partial charge in [-0.3, -0.25) is 39.9 Å². The summed E-state index contributed by atoms with van der Waals surface area (Å²) in [7, 11) is 8.53. The third-order valence-electron chi connectivity index (χ3n) is 8.88. The molecule has 0 aromatic rings. The standard InChI is InChI=1S/C42H68N12/c1-51-23-11-7-5-8-12-24-52(2)36-41-31-47-19-21-49-33-42(34-50-22-20-48-32-41)38-54(4)26-14-10-6-9-13-25-53(3)37-40-29-45-17-15-43-27-39(35-51)28-44-16-18-46-30-40/h27-38H,5-26H2,1-4H3. The summed E-state index contributed by atoms with van der Waals surface area (Å²) in [6, 6.07) is 0. The number of hydrogen-bond donors (Lipinski definition) is 0. The van der Waals surface area contributed by atoms with Crippen LogP contribution in [0, 0.1) is 0 Å². The fraction of sp³-hybridized carbons (Fsp3) is 0.619. The molecule has 54 heavy (non-hydrogen) atoms. The molecule has 0 aromatic heterocycles. The molecule has 0 unspecified atom stereocenters. The summed E-state index contributed by atoms with van der Waals surface area (Å²) in [5, 5.41) is 0. The summed E-state index contributed by atoms with van der Waals surface area (Å²) in [6.45, 7) is 9.07. The molecule has 296 valence electrons. The lowest BCUT2D eigenvalue weighted by molar-refractivity contribution is 0.411. The average Bonchev–Trinajstić information content (AvgIpc) is 3.14. The van der Waals surface area contributed by atoms with Gasteiger partial charge in [-0.2, -0.15) is 0 Å². The quantitative estimate of drug-likeness (QED) is 0.315. The summed E-state index contributed by atoms with van der Waals surface area (Å²) >= 11 is 0. The van der Waals surface area contributed by atoms with E-state index >= 15 is 0 Å². The zero-order valence-corrected chi connectivity index (χ0v) is 33.9. The highest BCUT2D eigenvalue weighted by Crippen LogP contribution is 2.08. The second kappa shape index (κ2) is 28.9. The second-order valence-corrected chi connectivity index (χ2v) is 14.3. The Morgan fingerprint density at radius 1 is 0.278 bits per heavy atom. The molecule has 6 rings (SSSR count). The van der Waals surface area contributed by atoms with Crippen molar-refractivity contribution in [3.8, 4) is 0 Å². The van der Waals surface area contributed by atoms with Crippen LogP contribution in [0.3, 0.4) is 0 Å². The van der Waals surface area contributed by atoms with E-state index in [2.05, 4.69) is 113 Å². The van der Waals surface area contributed by atoms with E-state index in [1.807, 2.05) is 49.7 Å². The molecule has 0 saturated heterocycles. The molecule has 0 aromatic carbocycles. The highest BCUT2D eigenvalue weighted by molar-refractivity contribution is 6.05. The van der Waals surface area contributed by atoms with Crippen LogP contribution in [0.25, 0.3) is 0 Å². The molecule has 0 aliphatic carbocycles. The second-order valence-electron chi connectivity index (χ2n) is 14.3. The fourth-order valence-corrected chi connectivity index (χ4v) is 6.00. The van der Waals surface area contributed by atoms with Gasteiger partial charge in [-0.1, -0.05) is 38.5 Å². The van der Waals surface area contributed by atoms with Crippen molar-refractivity contribution >= 4 is 49.7 Å². The van der Waals surface area contributed by atoms with E-state index in [0.29, 0.717) is 52.4 Å². The minimum Gasteiger partial charge on any atom is -0.380 e. The smallest absolute Gasteiger partial charge is 0.0585 e. The van der Waals surface area contributed by atoms with Crippen LogP contribution < -0.4 is 0 Å². The van der Waals surface area contributed by atoms with Gasteiger partial charge in [0.25, 0.3) is 0 Å². The van der Waals surface area contributed by atoms with E-state index in [-0.39, 0.29) is 0 Å². The van der Waals surface area contributed by atoms with E-state index in [4.69, 9.17) is 0 Å². The van der Waals surface area contributed by atoms with Gasteiger partial charge >= 0.3 is 0 Å². The van der Waals surface area contributed by atoms with Crippen molar-refractivity contribution in [1.29, 1.82) is 0 Å². The van der Waals surface area contributed by atoms with Gasteiger partial charge in [0, 0.05) is 151 Å². The van der Waals surface area contributed by atoms with Crippen LogP contribution >= 0.6 is 0 Å². The van der Waals surface area contributed by atoms with Crippen molar-refractivity contribution in [2.45, 2.75) is 64.2 Å². The van der Waals surface area contributed by atoms with Crippen LogP contribution in [0.1, 0.15) is 64.2 Å². The van der Waals surface area contributed by atoms with Gasteiger partial charge in [-0.05, 0) is 25.7 Å². The molecule has 6 heterocycles. The zero-order valence-electron chi connectivity index (χ0n) is 33.9. The minimum atomic E-state index is 0.634. The Bertz CT molecular complexity index is 1140. The van der Waals surface area contributed by atoms with Crippen molar-refractivity contribution < 1.29 is 0 Å². The number of aliphatic imine (C=N–C) groups is 8. The van der Waals surface area contributed by atoms with Crippen molar-refractivity contribution in [1.82, 2.24) is 19.6 Å². The number of rotatable bonds is 0. The number of nitrogens with zero attached hydrogens (tertiary/aromatic N) is 12. The Balaban J connectivity index is 1.66. The maximum absolute atomic E-state index is 4.65. The van der Waals surface area contributed by atoms with Gasteiger partial charge < -0.3 is 19.6 Å². The monoisotopic (exact) mass is 741 g/mol. The Morgan fingerprint density at radius 2 is 0.444 bits per heavy atom. The Hall–Kier alpha value is -4.48. The molecule has 0 amide bonds. The molecule has 0 atom stereocenters. The lowest BCUT2D eigenvalue weighted by Gasteiger charge is -2.16. The van der Waals surface area contributed by atoms with Gasteiger partial charge in [0.05, 0.1) is 52.4 Å². The van der Waals surface area contributed by atoms with Gasteiger partial charge in [-0.15, -0.1) is 0 Å². The van der Waals surface area contributed by atoms with Crippen LogP contribution in [0.4, 0.5) is 0 Å². The molecule has 4 bridgehead atoms. The lowest BCUT2D eigenvalue weighted by Crippen LogP contribution is -2.15. The van der Waals surface area contributed by atoms with E-state index in [1.165, 1.54) is 38.5 Å². The van der Waals surface area contributed by atoms with Crippen LogP contribution in [0.5, 0.6) is 0 Å². The molecular weight excluding hydrogens is 673 g/mol. The summed E-state index contributed by atoms with van der Waals surface area (Å²) in [6.07, 6.45) is 35.9. The lowest BCUT2D eigenvalue weighted by atomic mass is 10.1. The molecule has 6 aliphatic rings. The van der Waals surface area contributed by atoms with Gasteiger partial charge in [0.15, 0.2) is 0 Å². The first-order valence-corrected chi connectivity index (χ1v) is 20.1. The molecule has 0 spiro atoms. The Labute approximate surface area is 326 Å². The third-order valence-corrected chi connectivity index (χ3v) is 8.88. The van der Waals surface area contributed by atoms with Gasteiger partial charge in [0.1, 0.15) is 0 Å². The summed E-state index contributed by atoms with van der Waals surface area (Å²) < 4.78 is 0. The Kier molecular flexibility index (Phi) is 23.5. The predicted molar refractivity (Wildman–Crippen MR) is 236 cm³/mol. The van der Waals surface area contributed by atoms with Crippen molar-refractivity contribution in [2.24, 2.45) is 39.9 Å². The predicted octanol–water partition coefficient (Wildman–Crippen LogP) is 5.76. The first-order valence-electron chi connectivity index (χ1n) is 20.1. The largest absolute Gasteiger partial charge is 0.380 e. The summed E-state index contributed by atoms with van der Waals surface area (Å²) in [5.74, 6) is 0. The maximum atomic E-state index is 4.65. The van der Waals surface area contributed by atoms with Crippen molar-refractivity contribution in [3.63, 3.8) is 0 Å². The third kappa shape index (κ3) is 22.6. The van der Waals surface area contributed by atoms with Gasteiger partial charge in [0.2, 0.25) is 0 Å². The zero-order chi connectivity index (χ0) is 38.3. The highest BCUT2D eigenvalue weighted by Gasteiger charge is 2.02. The van der Waals surface area contributed by atoms with Crippen molar-refractivity contribution in [2.75, 3.05) is 107 Å². The topological polar surface area (TPSA) is 112 Å². The number of hydrogen-bond acceptors (Lipinski definition) is 12. The van der Waals surface area contributed by atoms with E-state index in [1.54, 1.807) is 0 Å². The van der Waals surface area contributed by atoms with Crippen LogP contribution in [0.15, 0.2) is 87.0 Å². The molecule has 0 radical (unpaired) electrons. The molecule has 0 fully saturated rings. The molecule has 6 aliphatic heterocycles. The fourth-order valence-electron chi connectivity index (χ4n) is 6.00. The highest BCUT2D eigenvalue weighted by atomic mass is 15.1. The first kappa shape index (κ1) is 43.9. The first-order chi connectivity index (χ1) is 26.5. The van der Waals surface area contributed by atoms with Crippen LogP contribution in [0.2, 0.25) is 0 Å².